The summed E-state index contributed by atoms with van der Waals surface area (Å²) in [6.07, 6.45) is 5.60. The van der Waals surface area contributed by atoms with Crippen molar-refractivity contribution in [2.45, 2.75) is 25.9 Å². The highest BCUT2D eigenvalue weighted by Gasteiger charge is 2.45. The fourth-order valence-corrected chi connectivity index (χ4v) is 4.39. The van der Waals surface area contributed by atoms with E-state index in [0.717, 1.165) is 0 Å². The number of aryl methyl sites for hydroxylation is 1. The third-order valence-electron chi connectivity index (χ3n) is 5.84. The number of rotatable bonds is 9. The van der Waals surface area contributed by atoms with E-state index >= 15 is 0 Å². The number of aromatic nitrogens is 2. The number of carbonyl (C=O) groups is 2. The van der Waals surface area contributed by atoms with Gasteiger partial charge in [0.15, 0.2) is 0 Å². The third-order valence-corrected chi connectivity index (χ3v) is 6.13. The van der Waals surface area contributed by atoms with E-state index < -0.39 is 28.4 Å². The number of benzene rings is 2. The van der Waals surface area contributed by atoms with Gasteiger partial charge in [-0.15, -0.1) is 0 Å². The molecule has 10 nitrogen and oxygen atoms in total. The van der Waals surface area contributed by atoms with Crippen molar-refractivity contribution >= 4 is 34.7 Å². The first-order valence-corrected chi connectivity index (χ1v) is 11.6. The number of aliphatic hydroxyl groups is 1. The summed E-state index contributed by atoms with van der Waals surface area (Å²) in [4.78, 5) is 42.2. The monoisotopic (exact) mass is 510 g/mol. The van der Waals surface area contributed by atoms with Crippen LogP contribution in [0.25, 0.3) is 5.76 Å². The molecule has 0 bridgehead atoms. The first kappa shape index (κ1) is 24.9. The number of nitro benzene ring substituents is 1. The van der Waals surface area contributed by atoms with Crippen LogP contribution in [0.5, 0.6) is 5.75 Å². The summed E-state index contributed by atoms with van der Waals surface area (Å²) >= 11 is 6.28. The molecule has 0 spiro atoms. The van der Waals surface area contributed by atoms with Gasteiger partial charge in [0.25, 0.3) is 17.4 Å². The standard InChI is InChI=1S/C25H23ClN4O6/c1-2-36-20-9-6-17(14-19(20)26)23(31)21-22(16-4-7-18(8-5-16)30(34)35)29(25(33)24(21)32)12-3-11-28-13-10-27-15-28/h4-10,13-15,22,31H,2-3,11-12H2,1H3/t22-/m1/s1. The minimum absolute atomic E-state index is 0.114. The lowest BCUT2D eigenvalue weighted by Gasteiger charge is -2.25. The number of hydrogen-bond acceptors (Lipinski definition) is 7. The Morgan fingerprint density at radius 1 is 1.19 bits per heavy atom. The number of nitrogens with zero attached hydrogens (tertiary/aromatic N) is 4. The number of aliphatic hydroxyl groups excluding tert-OH is 1. The molecule has 1 fully saturated rings. The zero-order valence-corrected chi connectivity index (χ0v) is 20.1. The molecule has 2 heterocycles. The average Bonchev–Trinajstić information content (AvgIpc) is 3.47. The summed E-state index contributed by atoms with van der Waals surface area (Å²) in [6, 6.07) is 9.21. The van der Waals surface area contributed by atoms with Gasteiger partial charge in [0.05, 0.1) is 34.5 Å². The highest BCUT2D eigenvalue weighted by molar-refractivity contribution is 6.46. The van der Waals surface area contributed by atoms with Gasteiger partial charge >= 0.3 is 0 Å². The molecule has 1 N–H and O–H groups in total. The van der Waals surface area contributed by atoms with E-state index in [-0.39, 0.29) is 28.4 Å². The normalized spacial score (nSPS) is 16.9. The van der Waals surface area contributed by atoms with Gasteiger partial charge in [0, 0.05) is 43.2 Å². The van der Waals surface area contributed by atoms with Gasteiger partial charge in [0.2, 0.25) is 0 Å². The number of imidazole rings is 1. The molecular formula is C25H23ClN4O6. The second-order valence-corrected chi connectivity index (χ2v) is 8.48. The molecular weight excluding hydrogens is 488 g/mol. The second-order valence-electron chi connectivity index (χ2n) is 8.07. The van der Waals surface area contributed by atoms with Crippen LogP contribution in [0, 0.1) is 10.1 Å². The van der Waals surface area contributed by atoms with Crippen molar-refractivity contribution in [1.82, 2.24) is 14.5 Å². The Morgan fingerprint density at radius 2 is 1.94 bits per heavy atom. The molecule has 0 radical (unpaired) electrons. The summed E-state index contributed by atoms with van der Waals surface area (Å²) in [6.45, 7) is 2.98. The molecule has 0 saturated carbocycles. The predicted octanol–water partition coefficient (Wildman–Crippen LogP) is 4.36. The van der Waals surface area contributed by atoms with E-state index in [2.05, 4.69) is 4.98 Å². The maximum absolute atomic E-state index is 13.1. The molecule has 186 valence electrons. The number of carbonyl (C=O) groups excluding carboxylic acids is 2. The highest BCUT2D eigenvalue weighted by atomic mass is 35.5. The minimum Gasteiger partial charge on any atom is -0.507 e. The van der Waals surface area contributed by atoms with Crippen LogP contribution in [0.4, 0.5) is 5.69 Å². The van der Waals surface area contributed by atoms with Crippen LogP contribution < -0.4 is 4.74 Å². The number of ether oxygens (including phenoxy) is 1. The molecule has 11 heteroatoms. The quantitative estimate of drug-likeness (QED) is 0.149. The SMILES string of the molecule is CCOc1ccc(C(O)=C2C(=O)C(=O)N(CCCn3ccnc3)[C@@H]2c2ccc([N+](=O)[O-])cc2)cc1Cl. The Balaban J connectivity index is 1.74. The molecule has 3 aromatic rings. The summed E-state index contributed by atoms with van der Waals surface area (Å²) in [5, 5.41) is 22.5. The van der Waals surface area contributed by atoms with Crippen LogP contribution in [-0.4, -0.2) is 49.3 Å². The van der Waals surface area contributed by atoms with Crippen molar-refractivity contribution in [3.63, 3.8) is 0 Å². The second kappa shape index (κ2) is 10.6. The van der Waals surface area contributed by atoms with E-state index in [9.17, 15) is 24.8 Å². The molecule has 36 heavy (non-hydrogen) atoms. The lowest BCUT2D eigenvalue weighted by atomic mass is 9.95. The van der Waals surface area contributed by atoms with Gasteiger partial charge in [-0.3, -0.25) is 19.7 Å². The largest absolute Gasteiger partial charge is 0.507 e. The Hall–Kier alpha value is -4.18. The predicted molar refractivity (Wildman–Crippen MR) is 132 cm³/mol. The summed E-state index contributed by atoms with van der Waals surface area (Å²) in [5.74, 6) is -1.58. The Bertz CT molecular complexity index is 1320. The zero-order valence-electron chi connectivity index (χ0n) is 19.3. The summed E-state index contributed by atoms with van der Waals surface area (Å²) < 4.78 is 7.27. The summed E-state index contributed by atoms with van der Waals surface area (Å²) in [7, 11) is 0. The number of ketones is 1. The van der Waals surface area contributed by atoms with Gasteiger partial charge in [-0.1, -0.05) is 11.6 Å². The average molecular weight is 511 g/mol. The Kier molecular flexibility index (Phi) is 7.35. The maximum atomic E-state index is 13.1. The Labute approximate surface area is 211 Å². The lowest BCUT2D eigenvalue weighted by molar-refractivity contribution is -0.384. The Morgan fingerprint density at radius 3 is 2.56 bits per heavy atom. The van der Waals surface area contributed by atoms with Gasteiger partial charge in [-0.25, -0.2) is 4.98 Å². The van der Waals surface area contributed by atoms with Gasteiger partial charge < -0.3 is 19.3 Å². The molecule has 2 aromatic carbocycles. The van der Waals surface area contributed by atoms with Gasteiger partial charge in [-0.05, 0) is 49.2 Å². The molecule has 1 aliphatic rings. The van der Waals surface area contributed by atoms with Crippen molar-refractivity contribution in [2.24, 2.45) is 0 Å². The zero-order chi connectivity index (χ0) is 25.8. The topological polar surface area (TPSA) is 128 Å². The fourth-order valence-electron chi connectivity index (χ4n) is 4.15. The van der Waals surface area contributed by atoms with Crippen LogP contribution in [0.2, 0.25) is 5.02 Å². The number of non-ortho nitro benzene ring substituents is 1. The fraction of sp³-hybridized carbons (Fsp3) is 0.240. The van der Waals surface area contributed by atoms with E-state index in [1.807, 2.05) is 11.5 Å². The molecule has 0 aliphatic carbocycles. The number of Topliss-reactive ketones (excluding diaryl/α,β-unsaturated/α-hetero) is 1. The van der Waals surface area contributed by atoms with Gasteiger partial charge in [-0.2, -0.15) is 0 Å². The van der Waals surface area contributed by atoms with E-state index in [1.165, 1.54) is 35.2 Å². The van der Waals surface area contributed by atoms with Crippen LogP contribution in [0.3, 0.4) is 0 Å². The number of likely N-dealkylation sites (tertiary alicyclic amines) is 1. The molecule has 1 atom stereocenters. The molecule has 4 rings (SSSR count). The van der Waals surface area contributed by atoms with E-state index in [0.29, 0.717) is 30.9 Å². The first-order valence-electron chi connectivity index (χ1n) is 11.2. The first-order chi connectivity index (χ1) is 17.3. The highest BCUT2D eigenvalue weighted by Crippen LogP contribution is 2.40. The third kappa shape index (κ3) is 4.94. The van der Waals surface area contributed by atoms with Crippen LogP contribution in [0.15, 0.2) is 66.8 Å². The molecule has 1 aromatic heterocycles. The molecule has 1 amide bonds. The van der Waals surface area contributed by atoms with Crippen molar-refractivity contribution in [3.05, 3.63) is 93.0 Å². The van der Waals surface area contributed by atoms with Crippen LogP contribution in [0.1, 0.15) is 30.5 Å². The molecule has 0 unspecified atom stereocenters. The minimum atomic E-state index is -0.932. The van der Waals surface area contributed by atoms with Crippen molar-refractivity contribution < 1.29 is 24.4 Å². The van der Waals surface area contributed by atoms with E-state index in [4.69, 9.17) is 16.3 Å². The molecule has 1 aliphatic heterocycles. The van der Waals surface area contributed by atoms with Crippen LogP contribution in [-0.2, 0) is 16.1 Å². The van der Waals surface area contributed by atoms with Gasteiger partial charge in [0.1, 0.15) is 11.5 Å². The lowest BCUT2D eigenvalue weighted by Crippen LogP contribution is -2.31. The van der Waals surface area contributed by atoms with Crippen molar-refractivity contribution in [3.8, 4) is 5.75 Å². The maximum Gasteiger partial charge on any atom is 0.295 e. The summed E-state index contributed by atoms with van der Waals surface area (Å²) in [5.41, 5.74) is 0.457. The number of amides is 1. The number of halogens is 1. The number of hydrogen-bond donors (Lipinski definition) is 1. The number of nitro groups is 1. The molecule has 1 saturated heterocycles. The smallest absolute Gasteiger partial charge is 0.295 e. The van der Waals surface area contributed by atoms with E-state index in [1.54, 1.807) is 30.9 Å². The van der Waals surface area contributed by atoms with Crippen molar-refractivity contribution in [2.75, 3.05) is 13.2 Å². The van der Waals surface area contributed by atoms with Crippen molar-refractivity contribution in [1.29, 1.82) is 0 Å². The van der Waals surface area contributed by atoms with Crippen LogP contribution >= 0.6 is 11.6 Å².